The molecule has 1 aliphatic rings. The van der Waals surface area contributed by atoms with E-state index in [2.05, 4.69) is 6.07 Å². The molecule has 0 fully saturated rings. The van der Waals surface area contributed by atoms with Crippen LogP contribution in [0.25, 0.3) is 16.3 Å². The van der Waals surface area contributed by atoms with E-state index in [0.29, 0.717) is 13.2 Å². The van der Waals surface area contributed by atoms with Crippen LogP contribution in [0.3, 0.4) is 0 Å². The Bertz CT molecular complexity index is 1230. The molecule has 3 aromatic rings. The Kier molecular flexibility index (Phi) is 7.19. The fraction of sp³-hybridized carbons (Fsp3) is 0.269. The van der Waals surface area contributed by atoms with Crippen molar-refractivity contribution in [1.29, 1.82) is 0 Å². The Morgan fingerprint density at radius 2 is 1.76 bits per heavy atom. The van der Waals surface area contributed by atoms with Gasteiger partial charge >= 0.3 is 11.9 Å². The maximum Gasteiger partial charge on any atom is 0.372 e. The van der Waals surface area contributed by atoms with Crippen LogP contribution >= 0.6 is 11.3 Å². The monoisotopic (exact) mass is 463 g/mol. The highest BCUT2D eigenvalue weighted by Crippen LogP contribution is 2.34. The molecule has 0 atom stereocenters. The Labute approximate surface area is 197 Å². The molecule has 0 bridgehead atoms. The van der Waals surface area contributed by atoms with Gasteiger partial charge in [-0.3, -0.25) is 4.79 Å². The van der Waals surface area contributed by atoms with Crippen molar-refractivity contribution < 1.29 is 23.6 Å². The Morgan fingerprint density at radius 3 is 2.58 bits per heavy atom. The molecule has 0 N–H and O–H groups in total. The molecule has 33 heavy (non-hydrogen) atoms. The molecule has 0 spiro atoms. The van der Waals surface area contributed by atoms with Gasteiger partial charge in [0.05, 0.1) is 13.2 Å². The Morgan fingerprint density at radius 1 is 1.03 bits per heavy atom. The Hall–Kier alpha value is -3.45. The van der Waals surface area contributed by atoms with Crippen LogP contribution in [0, 0.1) is 0 Å². The molecule has 1 aliphatic heterocycles. The third-order valence-corrected chi connectivity index (χ3v) is 6.48. The summed E-state index contributed by atoms with van der Waals surface area (Å²) in [6.45, 7) is 4.68. The molecule has 170 valence electrons. The van der Waals surface area contributed by atoms with Gasteiger partial charge in [-0.05, 0) is 37.6 Å². The highest BCUT2D eigenvalue weighted by molar-refractivity contribution is 7.18. The number of fused-ring (bicyclic) bond motifs is 2. The lowest BCUT2D eigenvalue weighted by molar-refractivity contribution is -0.657. The number of hydrogen-bond donors (Lipinski definition) is 0. The lowest BCUT2D eigenvalue weighted by atomic mass is 10.1. The second-order valence-electron chi connectivity index (χ2n) is 7.51. The summed E-state index contributed by atoms with van der Waals surface area (Å²) in [6, 6.07) is 16.1. The number of rotatable bonds is 8. The van der Waals surface area contributed by atoms with Gasteiger partial charge in [0, 0.05) is 29.9 Å². The largest absolute Gasteiger partial charge is 0.465 e. The fourth-order valence-corrected chi connectivity index (χ4v) is 5.03. The number of thiazole rings is 1. The maximum absolute atomic E-state index is 12.2. The number of benzene rings is 2. The molecule has 7 heteroatoms. The highest BCUT2D eigenvalue weighted by Gasteiger charge is 2.26. The number of aromatic nitrogens is 1. The third-order valence-electron chi connectivity index (χ3n) is 5.35. The summed E-state index contributed by atoms with van der Waals surface area (Å²) in [5.74, 6) is -0.508. The van der Waals surface area contributed by atoms with E-state index in [4.69, 9.17) is 9.47 Å². The fourth-order valence-electron chi connectivity index (χ4n) is 3.96. The molecule has 0 amide bonds. The molecule has 0 saturated carbocycles. The van der Waals surface area contributed by atoms with Gasteiger partial charge < -0.3 is 14.4 Å². The van der Waals surface area contributed by atoms with E-state index in [1.807, 2.05) is 84.0 Å². The SMILES string of the molecule is CCOC(=O)CN1/C(=C/C=C/c2sc3ccccc3[n+]2CC(=O)OCC)Cc2ccccc21. The molecule has 0 unspecified atom stereocenters. The van der Waals surface area contributed by atoms with Crippen LogP contribution in [0.1, 0.15) is 24.4 Å². The molecule has 1 aromatic heterocycles. The standard InChI is InChI=1S/C26H27N2O4S/c1-3-31-25(29)17-27-20(16-19-10-5-6-12-21(19)27)11-9-15-24-28(18-26(30)32-4-2)22-13-7-8-14-23(22)33-24/h5-15H,3-4,16-18H2,1-2H3/q+1. The average Bonchev–Trinajstić information content (AvgIpc) is 3.32. The van der Waals surface area contributed by atoms with Crippen LogP contribution in [-0.4, -0.2) is 31.7 Å². The first-order chi connectivity index (χ1) is 16.1. The Balaban J connectivity index is 1.62. The molecule has 2 heterocycles. The predicted molar refractivity (Wildman–Crippen MR) is 130 cm³/mol. The number of nitrogens with zero attached hydrogens (tertiary/aromatic N) is 2. The summed E-state index contributed by atoms with van der Waals surface area (Å²) in [5, 5.41) is 0.952. The zero-order valence-electron chi connectivity index (χ0n) is 18.8. The van der Waals surface area contributed by atoms with E-state index in [0.717, 1.165) is 33.0 Å². The van der Waals surface area contributed by atoms with E-state index in [1.165, 1.54) is 5.56 Å². The number of allylic oxidation sites excluding steroid dienone is 3. The molecule has 0 radical (unpaired) electrons. The summed E-state index contributed by atoms with van der Waals surface area (Å²) in [6.07, 6.45) is 6.75. The van der Waals surface area contributed by atoms with Crippen LogP contribution in [0.15, 0.2) is 66.4 Å². The van der Waals surface area contributed by atoms with E-state index in [1.54, 1.807) is 11.3 Å². The topological polar surface area (TPSA) is 59.7 Å². The van der Waals surface area contributed by atoms with Crippen molar-refractivity contribution in [3.8, 4) is 0 Å². The first-order valence-electron chi connectivity index (χ1n) is 11.1. The van der Waals surface area contributed by atoms with Crippen LogP contribution in [0.4, 0.5) is 5.69 Å². The summed E-state index contributed by atoms with van der Waals surface area (Å²) < 4.78 is 13.4. The first-order valence-corrected chi connectivity index (χ1v) is 11.9. The summed E-state index contributed by atoms with van der Waals surface area (Å²) in [5.41, 5.74) is 4.24. The minimum atomic E-state index is -0.258. The zero-order chi connectivity index (χ0) is 23.2. The van der Waals surface area contributed by atoms with Gasteiger partial charge in [0.1, 0.15) is 11.2 Å². The van der Waals surface area contributed by atoms with Gasteiger partial charge in [0.15, 0.2) is 0 Å². The molecule has 0 saturated heterocycles. The van der Waals surface area contributed by atoms with Crippen molar-refractivity contribution in [3.05, 3.63) is 77.0 Å². The van der Waals surface area contributed by atoms with Crippen molar-refractivity contribution in [2.75, 3.05) is 24.7 Å². The summed E-state index contributed by atoms with van der Waals surface area (Å²) in [7, 11) is 0. The number of carbonyl (C=O) groups is 2. The van der Waals surface area contributed by atoms with E-state index >= 15 is 0 Å². The second kappa shape index (κ2) is 10.4. The van der Waals surface area contributed by atoms with Crippen molar-refractivity contribution in [1.82, 2.24) is 0 Å². The first kappa shape index (κ1) is 22.7. The van der Waals surface area contributed by atoms with Crippen molar-refractivity contribution >= 4 is 45.3 Å². The molecular formula is C26H27N2O4S+. The van der Waals surface area contributed by atoms with Gasteiger partial charge in [0.2, 0.25) is 12.1 Å². The van der Waals surface area contributed by atoms with Crippen LogP contribution < -0.4 is 9.47 Å². The third kappa shape index (κ3) is 5.14. The van der Waals surface area contributed by atoms with E-state index in [-0.39, 0.29) is 25.0 Å². The lowest BCUT2D eigenvalue weighted by Crippen LogP contribution is -2.39. The van der Waals surface area contributed by atoms with Gasteiger partial charge in [-0.25, -0.2) is 4.79 Å². The van der Waals surface area contributed by atoms with Gasteiger partial charge in [-0.1, -0.05) is 47.7 Å². The summed E-state index contributed by atoms with van der Waals surface area (Å²) >= 11 is 1.62. The number of esters is 2. The number of ether oxygens (including phenoxy) is 2. The number of anilines is 1. The lowest BCUT2D eigenvalue weighted by Gasteiger charge is -2.20. The van der Waals surface area contributed by atoms with Crippen LogP contribution in [-0.2, 0) is 32.0 Å². The number of carbonyl (C=O) groups excluding carboxylic acids is 2. The number of hydrogen-bond acceptors (Lipinski definition) is 6. The quantitative estimate of drug-likeness (QED) is 0.369. The average molecular weight is 464 g/mol. The normalized spacial score (nSPS) is 14.2. The smallest absolute Gasteiger partial charge is 0.372 e. The minimum absolute atomic E-state index is 0.161. The molecule has 2 aromatic carbocycles. The number of para-hydroxylation sites is 2. The van der Waals surface area contributed by atoms with Gasteiger partial charge in [-0.2, -0.15) is 4.57 Å². The van der Waals surface area contributed by atoms with Gasteiger partial charge in [-0.15, -0.1) is 0 Å². The molecule has 6 nitrogen and oxygen atoms in total. The van der Waals surface area contributed by atoms with E-state index < -0.39 is 0 Å². The van der Waals surface area contributed by atoms with Crippen molar-refractivity contribution in [2.24, 2.45) is 0 Å². The van der Waals surface area contributed by atoms with Crippen LogP contribution in [0.2, 0.25) is 0 Å². The molecule has 0 aliphatic carbocycles. The minimum Gasteiger partial charge on any atom is -0.465 e. The second-order valence-corrected chi connectivity index (χ2v) is 8.58. The molecule has 4 rings (SSSR count). The van der Waals surface area contributed by atoms with Crippen molar-refractivity contribution in [2.45, 2.75) is 26.8 Å². The zero-order valence-corrected chi connectivity index (χ0v) is 19.6. The molecular weight excluding hydrogens is 436 g/mol. The maximum atomic E-state index is 12.2. The van der Waals surface area contributed by atoms with E-state index in [9.17, 15) is 9.59 Å². The van der Waals surface area contributed by atoms with Crippen LogP contribution in [0.5, 0.6) is 0 Å². The highest BCUT2D eigenvalue weighted by atomic mass is 32.1. The van der Waals surface area contributed by atoms with Gasteiger partial charge in [0.25, 0.3) is 5.01 Å². The predicted octanol–water partition coefficient (Wildman–Crippen LogP) is 4.27. The van der Waals surface area contributed by atoms with Crippen molar-refractivity contribution in [3.63, 3.8) is 0 Å². The summed E-state index contributed by atoms with van der Waals surface area (Å²) in [4.78, 5) is 26.4.